The Labute approximate surface area is 79.0 Å². The average molecular weight is 202 g/mol. The Kier molecular flexibility index (Phi) is 3.34. The van der Waals surface area contributed by atoms with Gasteiger partial charge >= 0.3 is 7.60 Å². The summed E-state index contributed by atoms with van der Waals surface area (Å²) >= 11 is 0. The van der Waals surface area contributed by atoms with Crippen molar-refractivity contribution in [3.63, 3.8) is 0 Å². The van der Waals surface area contributed by atoms with Crippen LogP contribution in [0.5, 0.6) is 0 Å². The summed E-state index contributed by atoms with van der Waals surface area (Å²) in [5.74, 6) is 2.30. The molecule has 0 amide bonds. The second kappa shape index (κ2) is 4.12. The van der Waals surface area contributed by atoms with E-state index in [-0.39, 0.29) is 0 Å². The molecule has 0 aromatic carbocycles. The first kappa shape index (κ1) is 10.6. The largest absolute Gasteiger partial charge is 0.426 e. The van der Waals surface area contributed by atoms with Crippen LogP contribution in [0.25, 0.3) is 0 Å². The van der Waals surface area contributed by atoms with Crippen molar-refractivity contribution < 1.29 is 13.6 Å². The molecular formula is C9H15O3P. The zero-order chi connectivity index (χ0) is 9.90. The molecular weight excluding hydrogens is 187 g/mol. The van der Waals surface area contributed by atoms with Crippen LogP contribution in [0.1, 0.15) is 27.2 Å². The molecule has 0 fully saturated rings. The Morgan fingerprint density at radius 3 is 2.77 bits per heavy atom. The van der Waals surface area contributed by atoms with E-state index in [9.17, 15) is 4.57 Å². The van der Waals surface area contributed by atoms with Gasteiger partial charge in [0.25, 0.3) is 0 Å². The van der Waals surface area contributed by atoms with Crippen molar-refractivity contribution in [2.45, 2.75) is 27.2 Å². The molecule has 3 nitrogen and oxygen atoms in total. The molecule has 1 unspecified atom stereocenters. The second-order valence-corrected chi connectivity index (χ2v) is 4.66. The molecule has 1 aliphatic heterocycles. The van der Waals surface area contributed by atoms with Gasteiger partial charge in [0.05, 0.1) is 6.61 Å². The maximum Gasteiger partial charge on any atom is 0.403 e. The van der Waals surface area contributed by atoms with Gasteiger partial charge in [-0.3, -0.25) is 4.52 Å². The molecule has 1 heterocycles. The average Bonchev–Trinajstić information content (AvgIpc) is 2.02. The number of hydrogen-bond donors (Lipinski definition) is 0. The van der Waals surface area contributed by atoms with Gasteiger partial charge in [0, 0.05) is 12.2 Å². The standard InChI is InChI=1S/C9H15O3P/c1-4-9-6-8(3)7-13(10,12-9)11-5-2/h6-7H,4-5H2,1-3H3. The monoisotopic (exact) mass is 202 g/mol. The summed E-state index contributed by atoms with van der Waals surface area (Å²) in [6, 6.07) is 0. The summed E-state index contributed by atoms with van der Waals surface area (Å²) < 4.78 is 22.2. The summed E-state index contributed by atoms with van der Waals surface area (Å²) in [5, 5.41) is 0. The highest BCUT2D eigenvalue weighted by Gasteiger charge is 2.26. The molecule has 1 atom stereocenters. The molecule has 0 spiro atoms. The maximum absolute atomic E-state index is 11.9. The van der Waals surface area contributed by atoms with E-state index >= 15 is 0 Å². The molecule has 0 radical (unpaired) electrons. The summed E-state index contributed by atoms with van der Waals surface area (Å²) in [6.45, 7) is 6.05. The Morgan fingerprint density at radius 1 is 1.54 bits per heavy atom. The van der Waals surface area contributed by atoms with Gasteiger partial charge in [0.1, 0.15) is 5.76 Å². The molecule has 0 bridgehead atoms. The number of rotatable bonds is 3. The van der Waals surface area contributed by atoms with Gasteiger partial charge in [-0.05, 0) is 25.5 Å². The highest BCUT2D eigenvalue weighted by atomic mass is 31.2. The van der Waals surface area contributed by atoms with Crippen LogP contribution in [-0.4, -0.2) is 6.61 Å². The van der Waals surface area contributed by atoms with E-state index in [2.05, 4.69) is 0 Å². The van der Waals surface area contributed by atoms with Gasteiger partial charge in [-0.25, -0.2) is 4.57 Å². The quantitative estimate of drug-likeness (QED) is 0.657. The van der Waals surface area contributed by atoms with Crippen LogP contribution < -0.4 is 0 Å². The first-order valence-electron chi connectivity index (χ1n) is 4.43. The van der Waals surface area contributed by atoms with Crippen molar-refractivity contribution in [1.29, 1.82) is 0 Å². The Balaban J connectivity index is 2.85. The fraction of sp³-hybridized carbons (Fsp3) is 0.556. The van der Waals surface area contributed by atoms with Crippen molar-refractivity contribution in [3.05, 3.63) is 23.2 Å². The fourth-order valence-corrected chi connectivity index (χ4v) is 2.79. The maximum atomic E-state index is 11.9. The Morgan fingerprint density at radius 2 is 2.23 bits per heavy atom. The van der Waals surface area contributed by atoms with Crippen LogP contribution in [0.4, 0.5) is 0 Å². The van der Waals surface area contributed by atoms with E-state index in [1.165, 1.54) is 0 Å². The Hall–Kier alpha value is -0.530. The van der Waals surface area contributed by atoms with Crippen LogP contribution in [-0.2, 0) is 13.6 Å². The topological polar surface area (TPSA) is 35.5 Å². The molecule has 0 N–H and O–H groups in total. The van der Waals surface area contributed by atoms with Crippen molar-refractivity contribution in [1.82, 2.24) is 0 Å². The third-order valence-electron chi connectivity index (χ3n) is 1.65. The SMILES string of the molecule is CCOP1(=O)C=C(C)C=C(CC)O1. The lowest BCUT2D eigenvalue weighted by molar-refractivity contribution is 0.253. The smallest absolute Gasteiger partial charge is 0.403 e. The van der Waals surface area contributed by atoms with E-state index in [4.69, 9.17) is 9.05 Å². The predicted octanol–water partition coefficient (Wildman–Crippen LogP) is 3.44. The minimum absolute atomic E-state index is 0.401. The molecule has 0 aromatic rings. The predicted molar refractivity (Wildman–Crippen MR) is 52.4 cm³/mol. The highest BCUT2D eigenvalue weighted by molar-refractivity contribution is 7.57. The van der Waals surface area contributed by atoms with Crippen LogP contribution >= 0.6 is 7.60 Å². The van der Waals surface area contributed by atoms with E-state index in [0.717, 1.165) is 17.8 Å². The van der Waals surface area contributed by atoms with Gasteiger partial charge in [-0.1, -0.05) is 6.92 Å². The fourth-order valence-electron chi connectivity index (χ4n) is 1.17. The van der Waals surface area contributed by atoms with Crippen molar-refractivity contribution in [3.8, 4) is 0 Å². The Bertz CT molecular complexity index is 291. The van der Waals surface area contributed by atoms with Crippen molar-refractivity contribution >= 4 is 7.60 Å². The zero-order valence-corrected chi connectivity index (χ0v) is 9.14. The van der Waals surface area contributed by atoms with Crippen molar-refractivity contribution in [2.75, 3.05) is 6.61 Å². The number of allylic oxidation sites excluding steroid dienone is 3. The number of hydrogen-bond acceptors (Lipinski definition) is 3. The van der Waals surface area contributed by atoms with E-state index < -0.39 is 7.60 Å². The summed E-state index contributed by atoms with van der Waals surface area (Å²) in [7, 11) is -2.97. The summed E-state index contributed by atoms with van der Waals surface area (Å²) in [5.41, 5.74) is 0.944. The molecule has 0 aromatic heterocycles. The lowest BCUT2D eigenvalue weighted by atomic mass is 10.2. The van der Waals surface area contributed by atoms with Gasteiger partial charge in [0.2, 0.25) is 0 Å². The first-order chi connectivity index (χ1) is 6.09. The summed E-state index contributed by atoms with van der Waals surface area (Å²) in [4.78, 5) is 0. The van der Waals surface area contributed by atoms with Crippen LogP contribution in [0, 0.1) is 0 Å². The van der Waals surface area contributed by atoms with Gasteiger partial charge < -0.3 is 4.52 Å². The van der Waals surface area contributed by atoms with Gasteiger partial charge in [-0.2, -0.15) is 0 Å². The van der Waals surface area contributed by atoms with Crippen molar-refractivity contribution in [2.24, 2.45) is 0 Å². The van der Waals surface area contributed by atoms with Crippen LogP contribution in [0.15, 0.2) is 23.2 Å². The van der Waals surface area contributed by atoms with Crippen LogP contribution in [0.3, 0.4) is 0 Å². The highest BCUT2D eigenvalue weighted by Crippen LogP contribution is 2.55. The molecule has 13 heavy (non-hydrogen) atoms. The van der Waals surface area contributed by atoms with Gasteiger partial charge in [0.15, 0.2) is 0 Å². The minimum atomic E-state index is -2.97. The molecule has 4 heteroatoms. The third-order valence-corrected chi connectivity index (χ3v) is 3.48. The lowest BCUT2D eigenvalue weighted by Crippen LogP contribution is -1.98. The first-order valence-corrected chi connectivity index (χ1v) is 6.04. The third kappa shape index (κ3) is 2.71. The molecule has 74 valence electrons. The molecule has 0 aliphatic carbocycles. The zero-order valence-electron chi connectivity index (χ0n) is 8.24. The molecule has 0 saturated heterocycles. The van der Waals surface area contributed by atoms with Gasteiger partial charge in [-0.15, -0.1) is 0 Å². The van der Waals surface area contributed by atoms with E-state index in [1.807, 2.05) is 19.9 Å². The normalized spacial score (nSPS) is 27.6. The summed E-state index contributed by atoms with van der Waals surface area (Å²) in [6.07, 6.45) is 2.62. The molecule has 0 saturated carbocycles. The molecule has 1 aliphatic rings. The lowest BCUT2D eigenvalue weighted by Gasteiger charge is -2.21. The van der Waals surface area contributed by atoms with E-state index in [0.29, 0.717) is 6.61 Å². The van der Waals surface area contributed by atoms with Crippen LogP contribution in [0.2, 0.25) is 0 Å². The van der Waals surface area contributed by atoms with E-state index in [1.54, 1.807) is 12.7 Å². The second-order valence-electron chi connectivity index (χ2n) is 2.89. The molecule has 1 rings (SSSR count). The minimum Gasteiger partial charge on any atom is -0.426 e.